The van der Waals surface area contributed by atoms with Crippen LogP contribution >= 0.6 is 0 Å². The maximum atomic E-state index is 12.8. The number of anilines is 1. The molecule has 0 radical (unpaired) electrons. The molecule has 8 heteroatoms. The summed E-state index contributed by atoms with van der Waals surface area (Å²) < 4.78 is 4.82. The molecule has 1 fully saturated rings. The van der Waals surface area contributed by atoms with Crippen LogP contribution in [0, 0.1) is 6.92 Å². The number of hydrogen-bond acceptors (Lipinski definition) is 7. The SMILES string of the molecule is CNc1nc(C)cc(C(=O)N2CCCC[C@H]2c2ncon2)n1. The maximum absolute atomic E-state index is 12.8. The molecular weight excluding hydrogens is 284 g/mol. The van der Waals surface area contributed by atoms with E-state index in [2.05, 4.69) is 25.4 Å². The van der Waals surface area contributed by atoms with Gasteiger partial charge in [-0.1, -0.05) is 5.16 Å². The van der Waals surface area contributed by atoms with Crippen LogP contribution in [0.4, 0.5) is 5.95 Å². The van der Waals surface area contributed by atoms with E-state index in [9.17, 15) is 4.79 Å². The Morgan fingerprint density at radius 3 is 3.00 bits per heavy atom. The molecule has 1 atom stereocenters. The topological polar surface area (TPSA) is 97.0 Å². The zero-order valence-electron chi connectivity index (χ0n) is 12.6. The molecule has 0 unspecified atom stereocenters. The molecule has 0 aliphatic carbocycles. The third-order valence-corrected chi connectivity index (χ3v) is 3.74. The smallest absolute Gasteiger partial charge is 0.273 e. The summed E-state index contributed by atoms with van der Waals surface area (Å²) in [5.74, 6) is 0.862. The fourth-order valence-corrected chi connectivity index (χ4v) is 2.71. The van der Waals surface area contributed by atoms with E-state index in [4.69, 9.17) is 4.52 Å². The number of aryl methyl sites for hydroxylation is 1. The Hall–Kier alpha value is -2.51. The first-order chi connectivity index (χ1) is 10.7. The minimum absolute atomic E-state index is 0.128. The highest BCUT2D eigenvalue weighted by Crippen LogP contribution is 2.30. The standard InChI is InChI=1S/C14H18N6O2/c1-9-7-10(18-14(15-2)17-9)13(21)20-6-4-3-5-11(20)12-16-8-22-19-12/h7-8,11H,3-6H2,1-2H3,(H,15,17,18)/t11-/m0/s1. The van der Waals surface area contributed by atoms with Crippen molar-refractivity contribution in [3.63, 3.8) is 0 Å². The molecule has 0 spiro atoms. The molecular formula is C14H18N6O2. The first-order valence-electron chi connectivity index (χ1n) is 7.29. The number of likely N-dealkylation sites (tertiary alicyclic amines) is 1. The molecule has 2 aromatic rings. The summed E-state index contributed by atoms with van der Waals surface area (Å²) in [7, 11) is 1.73. The minimum Gasteiger partial charge on any atom is -0.357 e. The van der Waals surface area contributed by atoms with E-state index >= 15 is 0 Å². The van der Waals surface area contributed by atoms with Gasteiger partial charge in [-0.2, -0.15) is 4.98 Å². The molecule has 22 heavy (non-hydrogen) atoms. The molecule has 3 rings (SSSR count). The van der Waals surface area contributed by atoms with Gasteiger partial charge in [0.2, 0.25) is 12.3 Å². The van der Waals surface area contributed by atoms with E-state index in [1.54, 1.807) is 18.0 Å². The Morgan fingerprint density at radius 1 is 1.41 bits per heavy atom. The van der Waals surface area contributed by atoms with Crippen molar-refractivity contribution in [3.8, 4) is 0 Å². The van der Waals surface area contributed by atoms with Gasteiger partial charge in [0.05, 0.1) is 6.04 Å². The number of aromatic nitrogens is 4. The van der Waals surface area contributed by atoms with Crippen molar-refractivity contribution < 1.29 is 9.32 Å². The molecule has 8 nitrogen and oxygen atoms in total. The van der Waals surface area contributed by atoms with E-state index in [0.29, 0.717) is 24.0 Å². The van der Waals surface area contributed by atoms with Gasteiger partial charge in [0.1, 0.15) is 5.69 Å². The molecule has 2 aromatic heterocycles. The lowest BCUT2D eigenvalue weighted by molar-refractivity contribution is 0.0590. The summed E-state index contributed by atoms with van der Waals surface area (Å²) in [6.07, 6.45) is 4.12. The van der Waals surface area contributed by atoms with E-state index in [0.717, 1.165) is 25.0 Å². The Labute approximate surface area is 127 Å². The van der Waals surface area contributed by atoms with Crippen molar-refractivity contribution >= 4 is 11.9 Å². The monoisotopic (exact) mass is 302 g/mol. The quantitative estimate of drug-likeness (QED) is 0.919. The van der Waals surface area contributed by atoms with Gasteiger partial charge >= 0.3 is 0 Å². The van der Waals surface area contributed by atoms with Crippen LogP contribution in [0.1, 0.15) is 47.3 Å². The number of carbonyl (C=O) groups excluding carboxylic acids is 1. The van der Waals surface area contributed by atoms with Crippen molar-refractivity contribution in [2.45, 2.75) is 32.2 Å². The number of hydrogen-bond donors (Lipinski definition) is 1. The van der Waals surface area contributed by atoms with Crippen LogP contribution in [0.2, 0.25) is 0 Å². The average Bonchev–Trinajstić information content (AvgIpc) is 3.08. The summed E-state index contributed by atoms with van der Waals surface area (Å²) in [6.45, 7) is 2.50. The van der Waals surface area contributed by atoms with Crippen LogP contribution < -0.4 is 5.32 Å². The number of rotatable bonds is 3. The van der Waals surface area contributed by atoms with Crippen LogP contribution in [-0.4, -0.2) is 44.5 Å². The van der Waals surface area contributed by atoms with Gasteiger partial charge in [-0.05, 0) is 32.3 Å². The van der Waals surface area contributed by atoms with Crippen LogP contribution in [0.25, 0.3) is 0 Å². The van der Waals surface area contributed by atoms with Gasteiger partial charge in [-0.25, -0.2) is 9.97 Å². The first kappa shape index (κ1) is 14.4. The molecule has 1 saturated heterocycles. The number of carbonyl (C=O) groups is 1. The maximum Gasteiger partial charge on any atom is 0.273 e. The summed E-state index contributed by atoms with van der Waals surface area (Å²) in [5, 5.41) is 6.76. The van der Waals surface area contributed by atoms with Crippen LogP contribution in [0.3, 0.4) is 0 Å². The van der Waals surface area contributed by atoms with Gasteiger partial charge in [0.15, 0.2) is 5.82 Å². The van der Waals surface area contributed by atoms with Crippen molar-refractivity contribution in [1.29, 1.82) is 0 Å². The van der Waals surface area contributed by atoms with Crippen molar-refractivity contribution in [2.24, 2.45) is 0 Å². The molecule has 1 aliphatic rings. The molecule has 0 saturated carbocycles. The Bertz CT molecular complexity index is 657. The Morgan fingerprint density at radius 2 is 2.27 bits per heavy atom. The number of amides is 1. The van der Waals surface area contributed by atoms with Crippen LogP contribution in [-0.2, 0) is 0 Å². The van der Waals surface area contributed by atoms with Crippen molar-refractivity contribution in [1.82, 2.24) is 25.0 Å². The van der Waals surface area contributed by atoms with Gasteiger partial charge in [0, 0.05) is 19.3 Å². The lowest BCUT2D eigenvalue weighted by Crippen LogP contribution is -2.39. The fourth-order valence-electron chi connectivity index (χ4n) is 2.71. The first-order valence-corrected chi connectivity index (χ1v) is 7.29. The zero-order valence-corrected chi connectivity index (χ0v) is 12.6. The van der Waals surface area contributed by atoms with Crippen molar-refractivity contribution in [3.05, 3.63) is 29.7 Å². The van der Waals surface area contributed by atoms with E-state index in [1.165, 1.54) is 6.39 Å². The lowest BCUT2D eigenvalue weighted by atomic mass is 10.0. The van der Waals surface area contributed by atoms with Crippen LogP contribution in [0.5, 0.6) is 0 Å². The van der Waals surface area contributed by atoms with Gasteiger partial charge in [-0.3, -0.25) is 4.79 Å². The molecule has 1 N–H and O–H groups in total. The fraction of sp³-hybridized carbons (Fsp3) is 0.500. The lowest BCUT2D eigenvalue weighted by Gasteiger charge is -2.33. The number of piperidine rings is 1. The summed E-state index contributed by atoms with van der Waals surface area (Å²) >= 11 is 0. The summed E-state index contributed by atoms with van der Waals surface area (Å²) in [4.78, 5) is 27.2. The van der Waals surface area contributed by atoms with E-state index in [-0.39, 0.29) is 11.9 Å². The van der Waals surface area contributed by atoms with Gasteiger partial charge in [0.25, 0.3) is 5.91 Å². The Balaban J connectivity index is 1.90. The highest BCUT2D eigenvalue weighted by molar-refractivity contribution is 5.93. The van der Waals surface area contributed by atoms with E-state index in [1.807, 2.05) is 6.92 Å². The van der Waals surface area contributed by atoms with E-state index < -0.39 is 0 Å². The van der Waals surface area contributed by atoms with Gasteiger partial charge in [-0.15, -0.1) is 0 Å². The molecule has 1 aliphatic heterocycles. The normalized spacial score (nSPS) is 18.3. The second kappa shape index (κ2) is 6.08. The third kappa shape index (κ3) is 2.76. The summed E-state index contributed by atoms with van der Waals surface area (Å²) in [5.41, 5.74) is 1.13. The third-order valence-electron chi connectivity index (χ3n) is 3.74. The number of nitrogens with zero attached hydrogens (tertiary/aromatic N) is 5. The zero-order chi connectivity index (χ0) is 15.5. The minimum atomic E-state index is -0.159. The second-order valence-electron chi connectivity index (χ2n) is 5.27. The largest absolute Gasteiger partial charge is 0.357 e. The molecule has 0 bridgehead atoms. The Kier molecular flexibility index (Phi) is 3.99. The highest BCUT2D eigenvalue weighted by atomic mass is 16.5. The van der Waals surface area contributed by atoms with Crippen LogP contribution in [0.15, 0.2) is 17.0 Å². The predicted molar refractivity (Wildman–Crippen MR) is 78.2 cm³/mol. The molecule has 3 heterocycles. The molecule has 1 amide bonds. The number of nitrogens with one attached hydrogen (secondary N) is 1. The average molecular weight is 302 g/mol. The molecule has 0 aromatic carbocycles. The summed E-state index contributed by atoms with van der Waals surface area (Å²) in [6, 6.07) is 1.54. The second-order valence-corrected chi connectivity index (χ2v) is 5.27. The van der Waals surface area contributed by atoms with Gasteiger partial charge < -0.3 is 14.7 Å². The molecule has 116 valence electrons. The van der Waals surface area contributed by atoms with Crippen molar-refractivity contribution in [2.75, 3.05) is 18.9 Å². The highest BCUT2D eigenvalue weighted by Gasteiger charge is 2.32. The predicted octanol–water partition coefficient (Wildman–Crippen LogP) is 1.58.